The maximum Gasteiger partial charge on any atom is 0.236 e. The van der Waals surface area contributed by atoms with Crippen LogP contribution in [0.25, 0.3) is 0 Å². The summed E-state index contributed by atoms with van der Waals surface area (Å²) in [4.78, 5) is 15.5. The van der Waals surface area contributed by atoms with E-state index in [1.165, 1.54) is 0 Å². The van der Waals surface area contributed by atoms with E-state index in [0.29, 0.717) is 12.6 Å². The van der Waals surface area contributed by atoms with Crippen molar-refractivity contribution in [3.05, 3.63) is 0 Å². The molecule has 1 rings (SSSR count). The Labute approximate surface area is 79.9 Å². The van der Waals surface area contributed by atoms with Gasteiger partial charge in [0.2, 0.25) is 5.91 Å². The minimum Gasteiger partial charge on any atom is -0.339 e. The summed E-state index contributed by atoms with van der Waals surface area (Å²) in [5, 5.41) is 3.31. The molecule has 0 aliphatic carbocycles. The summed E-state index contributed by atoms with van der Waals surface area (Å²) >= 11 is 0. The molecule has 1 heterocycles. The number of carbonyl (C=O) groups is 1. The third-order valence-electron chi connectivity index (χ3n) is 2.17. The fourth-order valence-corrected chi connectivity index (χ4v) is 1.53. The predicted molar refractivity (Wildman–Crippen MR) is 52.6 cm³/mol. The Balaban J connectivity index is 2.37. The van der Waals surface area contributed by atoms with Crippen molar-refractivity contribution in [2.24, 2.45) is 0 Å². The lowest BCUT2D eigenvalue weighted by Gasteiger charge is -2.32. The molecule has 0 aromatic heterocycles. The summed E-state index contributed by atoms with van der Waals surface area (Å²) in [6, 6.07) is 0.430. The zero-order chi connectivity index (χ0) is 9.84. The van der Waals surface area contributed by atoms with E-state index in [2.05, 4.69) is 12.2 Å². The van der Waals surface area contributed by atoms with Crippen molar-refractivity contribution < 1.29 is 4.79 Å². The summed E-state index contributed by atoms with van der Waals surface area (Å²) in [7, 11) is 3.84. The number of amides is 1. The maximum atomic E-state index is 11.6. The van der Waals surface area contributed by atoms with Gasteiger partial charge in [-0.1, -0.05) is 0 Å². The molecule has 76 valence electrons. The average molecular weight is 185 g/mol. The van der Waals surface area contributed by atoms with Crippen molar-refractivity contribution >= 4 is 5.91 Å². The summed E-state index contributed by atoms with van der Waals surface area (Å²) in [6.07, 6.45) is 0. The molecule has 1 N–H and O–H groups in total. The Morgan fingerprint density at radius 3 is 2.85 bits per heavy atom. The average Bonchev–Trinajstić information content (AvgIpc) is 2.03. The number of piperazine rings is 1. The fourth-order valence-electron chi connectivity index (χ4n) is 1.53. The lowest BCUT2D eigenvalue weighted by atomic mass is 10.2. The number of likely N-dealkylation sites (N-methyl/N-ethyl adjacent to an activating group) is 1. The summed E-state index contributed by atoms with van der Waals surface area (Å²) in [6.45, 7) is 5.23. The zero-order valence-corrected chi connectivity index (χ0v) is 8.71. The number of nitrogens with zero attached hydrogens (tertiary/aromatic N) is 2. The molecule has 1 fully saturated rings. The Morgan fingerprint density at radius 1 is 1.62 bits per heavy atom. The second kappa shape index (κ2) is 4.58. The summed E-state index contributed by atoms with van der Waals surface area (Å²) < 4.78 is 0. The number of carbonyl (C=O) groups excluding carboxylic acids is 1. The Kier molecular flexibility index (Phi) is 3.69. The fraction of sp³-hybridized carbons (Fsp3) is 0.889. The molecule has 13 heavy (non-hydrogen) atoms. The highest BCUT2D eigenvalue weighted by atomic mass is 16.2. The van der Waals surface area contributed by atoms with Crippen molar-refractivity contribution in [2.45, 2.75) is 13.0 Å². The minimum absolute atomic E-state index is 0.235. The second-order valence-corrected chi connectivity index (χ2v) is 3.93. The smallest absolute Gasteiger partial charge is 0.236 e. The van der Waals surface area contributed by atoms with Gasteiger partial charge in [-0.25, -0.2) is 0 Å². The first-order chi connectivity index (χ1) is 6.09. The Hall–Kier alpha value is -0.610. The lowest BCUT2D eigenvalue weighted by Crippen LogP contribution is -2.53. The molecule has 0 radical (unpaired) electrons. The van der Waals surface area contributed by atoms with Crippen LogP contribution in [0, 0.1) is 0 Å². The molecule has 4 heteroatoms. The molecule has 0 bridgehead atoms. The molecular weight excluding hydrogens is 166 g/mol. The van der Waals surface area contributed by atoms with Gasteiger partial charge in [-0.2, -0.15) is 0 Å². The third-order valence-corrected chi connectivity index (χ3v) is 2.17. The summed E-state index contributed by atoms with van der Waals surface area (Å²) in [5.74, 6) is 0.235. The van der Waals surface area contributed by atoms with E-state index in [9.17, 15) is 4.79 Å². The standard InChI is InChI=1S/C9H19N3O/c1-8-6-12(5-4-10-8)9(13)7-11(2)3/h8,10H,4-7H2,1-3H3/t8-/m0/s1. The highest BCUT2D eigenvalue weighted by molar-refractivity contribution is 5.78. The van der Waals surface area contributed by atoms with Crippen LogP contribution in [-0.2, 0) is 4.79 Å². The monoisotopic (exact) mass is 185 g/mol. The van der Waals surface area contributed by atoms with Gasteiger partial charge in [0, 0.05) is 25.7 Å². The first-order valence-corrected chi connectivity index (χ1v) is 4.75. The number of hydrogen-bond acceptors (Lipinski definition) is 3. The lowest BCUT2D eigenvalue weighted by molar-refractivity contribution is -0.132. The highest BCUT2D eigenvalue weighted by Gasteiger charge is 2.20. The van der Waals surface area contributed by atoms with E-state index in [1.54, 1.807) is 0 Å². The van der Waals surface area contributed by atoms with E-state index >= 15 is 0 Å². The normalized spacial score (nSPS) is 23.7. The van der Waals surface area contributed by atoms with Crippen molar-refractivity contribution in [3.8, 4) is 0 Å². The molecule has 1 saturated heterocycles. The number of rotatable bonds is 2. The predicted octanol–water partition coefficient (Wildman–Crippen LogP) is -0.632. The van der Waals surface area contributed by atoms with E-state index in [4.69, 9.17) is 0 Å². The van der Waals surface area contributed by atoms with Crippen LogP contribution in [-0.4, -0.2) is 62.0 Å². The highest BCUT2D eigenvalue weighted by Crippen LogP contribution is 1.99. The molecule has 0 aromatic rings. The van der Waals surface area contributed by atoms with Crippen LogP contribution in [0.4, 0.5) is 0 Å². The van der Waals surface area contributed by atoms with Gasteiger partial charge in [-0.3, -0.25) is 4.79 Å². The molecule has 0 saturated carbocycles. The first-order valence-electron chi connectivity index (χ1n) is 4.75. The van der Waals surface area contributed by atoms with Gasteiger partial charge < -0.3 is 15.1 Å². The van der Waals surface area contributed by atoms with Crippen LogP contribution in [0.5, 0.6) is 0 Å². The molecular formula is C9H19N3O. The molecule has 1 aliphatic heterocycles. The van der Waals surface area contributed by atoms with Crippen LogP contribution in [0.3, 0.4) is 0 Å². The molecule has 0 spiro atoms. The van der Waals surface area contributed by atoms with Gasteiger partial charge in [0.15, 0.2) is 0 Å². The van der Waals surface area contributed by atoms with Gasteiger partial charge in [0.05, 0.1) is 6.54 Å². The molecule has 0 unspecified atom stereocenters. The summed E-state index contributed by atoms with van der Waals surface area (Å²) in [5.41, 5.74) is 0. The van der Waals surface area contributed by atoms with E-state index in [-0.39, 0.29) is 5.91 Å². The molecule has 1 amide bonds. The van der Waals surface area contributed by atoms with E-state index in [0.717, 1.165) is 19.6 Å². The molecule has 1 aliphatic rings. The van der Waals surface area contributed by atoms with Crippen LogP contribution < -0.4 is 5.32 Å². The quantitative estimate of drug-likeness (QED) is 0.622. The molecule has 4 nitrogen and oxygen atoms in total. The molecule has 0 aromatic carbocycles. The van der Waals surface area contributed by atoms with E-state index < -0.39 is 0 Å². The van der Waals surface area contributed by atoms with Gasteiger partial charge >= 0.3 is 0 Å². The number of nitrogens with one attached hydrogen (secondary N) is 1. The van der Waals surface area contributed by atoms with Crippen LogP contribution in [0.2, 0.25) is 0 Å². The van der Waals surface area contributed by atoms with E-state index in [1.807, 2.05) is 23.9 Å². The largest absolute Gasteiger partial charge is 0.339 e. The van der Waals surface area contributed by atoms with Gasteiger partial charge in [0.25, 0.3) is 0 Å². The van der Waals surface area contributed by atoms with Gasteiger partial charge in [0.1, 0.15) is 0 Å². The first kappa shape index (κ1) is 10.5. The zero-order valence-electron chi connectivity index (χ0n) is 8.71. The van der Waals surface area contributed by atoms with Crippen molar-refractivity contribution in [3.63, 3.8) is 0 Å². The third kappa shape index (κ3) is 3.32. The van der Waals surface area contributed by atoms with Crippen LogP contribution >= 0.6 is 0 Å². The van der Waals surface area contributed by atoms with Gasteiger partial charge in [-0.05, 0) is 21.0 Å². The van der Waals surface area contributed by atoms with Crippen molar-refractivity contribution in [2.75, 3.05) is 40.3 Å². The maximum absolute atomic E-state index is 11.6. The minimum atomic E-state index is 0.235. The second-order valence-electron chi connectivity index (χ2n) is 3.93. The van der Waals surface area contributed by atoms with Crippen molar-refractivity contribution in [1.29, 1.82) is 0 Å². The van der Waals surface area contributed by atoms with Gasteiger partial charge in [-0.15, -0.1) is 0 Å². The molecule has 1 atom stereocenters. The SMILES string of the molecule is C[C@H]1CN(C(=O)CN(C)C)CCN1. The number of hydrogen-bond donors (Lipinski definition) is 1. The topological polar surface area (TPSA) is 35.6 Å². The van der Waals surface area contributed by atoms with Crippen LogP contribution in [0.15, 0.2) is 0 Å². The van der Waals surface area contributed by atoms with Crippen molar-refractivity contribution in [1.82, 2.24) is 15.1 Å². The van der Waals surface area contributed by atoms with Crippen LogP contribution in [0.1, 0.15) is 6.92 Å². The Morgan fingerprint density at radius 2 is 2.31 bits per heavy atom. The Bertz CT molecular complexity index is 182.